The van der Waals surface area contributed by atoms with Gasteiger partial charge in [-0.3, -0.25) is 0 Å². The van der Waals surface area contributed by atoms with Crippen molar-refractivity contribution in [3.05, 3.63) is 35.3 Å². The standard InChI is InChI=1S/C14H16N2O5/c1-4-19-13(17)10-7-16(12-6-9(3)21-15-12)8-11(10)14(18)20-5-2/h6-8H,4-5H2,1-3H3. The summed E-state index contributed by atoms with van der Waals surface area (Å²) in [6.07, 6.45) is 2.95. The second-order valence-electron chi connectivity index (χ2n) is 4.23. The van der Waals surface area contributed by atoms with Crippen LogP contribution in [0.5, 0.6) is 0 Å². The van der Waals surface area contributed by atoms with E-state index in [4.69, 9.17) is 14.0 Å². The number of aromatic nitrogens is 2. The minimum atomic E-state index is -0.584. The average Bonchev–Trinajstić information content (AvgIpc) is 3.05. The van der Waals surface area contributed by atoms with Gasteiger partial charge in [0.25, 0.3) is 0 Å². The molecule has 2 heterocycles. The van der Waals surface area contributed by atoms with Gasteiger partial charge in [-0.1, -0.05) is 5.16 Å². The molecule has 0 aliphatic rings. The Morgan fingerprint density at radius 2 is 1.67 bits per heavy atom. The van der Waals surface area contributed by atoms with Gasteiger partial charge in [-0.15, -0.1) is 0 Å². The molecular weight excluding hydrogens is 276 g/mol. The predicted molar refractivity (Wildman–Crippen MR) is 72.5 cm³/mol. The largest absolute Gasteiger partial charge is 0.462 e. The van der Waals surface area contributed by atoms with Crippen LogP contribution >= 0.6 is 0 Å². The van der Waals surface area contributed by atoms with E-state index in [1.54, 1.807) is 26.8 Å². The Kier molecular flexibility index (Phi) is 4.42. The molecule has 0 spiro atoms. The number of aryl methyl sites for hydroxylation is 1. The molecule has 0 radical (unpaired) electrons. The maximum atomic E-state index is 11.9. The molecular formula is C14H16N2O5. The van der Waals surface area contributed by atoms with E-state index in [1.165, 1.54) is 17.0 Å². The molecule has 7 heteroatoms. The van der Waals surface area contributed by atoms with Crippen LogP contribution in [0.3, 0.4) is 0 Å². The maximum Gasteiger partial charge on any atom is 0.340 e. The number of hydrogen-bond acceptors (Lipinski definition) is 6. The number of esters is 2. The van der Waals surface area contributed by atoms with Crippen molar-refractivity contribution in [1.82, 2.24) is 9.72 Å². The van der Waals surface area contributed by atoms with Gasteiger partial charge in [0.15, 0.2) is 5.82 Å². The van der Waals surface area contributed by atoms with Gasteiger partial charge in [-0.25, -0.2) is 9.59 Å². The van der Waals surface area contributed by atoms with Gasteiger partial charge in [-0.05, 0) is 20.8 Å². The van der Waals surface area contributed by atoms with Crippen molar-refractivity contribution in [1.29, 1.82) is 0 Å². The molecule has 2 aromatic rings. The summed E-state index contributed by atoms with van der Waals surface area (Å²) in [5, 5.41) is 3.83. The summed E-state index contributed by atoms with van der Waals surface area (Å²) >= 11 is 0. The quantitative estimate of drug-likeness (QED) is 0.785. The lowest BCUT2D eigenvalue weighted by Gasteiger charge is -2.02. The SMILES string of the molecule is CCOC(=O)c1cn(-c2cc(C)on2)cc1C(=O)OCC. The Labute approximate surface area is 121 Å². The first-order valence-corrected chi connectivity index (χ1v) is 6.56. The lowest BCUT2D eigenvalue weighted by Crippen LogP contribution is -2.11. The van der Waals surface area contributed by atoms with Gasteiger partial charge in [0.1, 0.15) is 5.76 Å². The first-order valence-electron chi connectivity index (χ1n) is 6.56. The van der Waals surface area contributed by atoms with Gasteiger partial charge in [-0.2, -0.15) is 0 Å². The number of carbonyl (C=O) groups excluding carboxylic acids is 2. The molecule has 2 aromatic heterocycles. The zero-order valence-corrected chi connectivity index (χ0v) is 12.1. The highest BCUT2D eigenvalue weighted by Crippen LogP contribution is 2.18. The smallest absolute Gasteiger partial charge is 0.340 e. The highest BCUT2D eigenvalue weighted by molar-refractivity contribution is 6.03. The van der Waals surface area contributed by atoms with Crippen LogP contribution in [0.1, 0.15) is 40.3 Å². The molecule has 7 nitrogen and oxygen atoms in total. The van der Waals surface area contributed by atoms with Crippen LogP contribution in [-0.4, -0.2) is 34.9 Å². The summed E-state index contributed by atoms with van der Waals surface area (Å²) in [6.45, 7) is 5.57. The van der Waals surface area contributed by atoms with Gasteiger partial charge < -0.3 is 18.6 Å². The molecule has 0 aliphatic carbocycles. The molecule has 21 heavy (non-hydrogen) atoms. The molecule has 0 bridgehead atoms. The highest BCUT2D eigenvalue weighted by Gasteiger charge is 2.23. The van der Waals surface area contributed by atoms with Crippen LogP contribution in [0, 0.1) is 6.92 Å². The summed E-state index contributed by atoms with van der Waals surface area (Å²) < 4.78 is 16.4. The maximum absolute atomic E-state index is 11.9. The van der Waals surface area contributed by atoms with Gasteiger partial charge in [0.05, 0.1) is 24.3 Å². The second kappa shape index (κ2) is 6.25. The highest BCUT2D eigenvalue weighted by atomic mass is 16.5. The normalized spacial score (nSPS) is 10.4. The topological polar surface area (TPSA) is 83.6 Å². The number of carbonyl (C=O) groups is 2. The van der Waals surface area contributed by atoms with Crippen LogP contribution in [0.15, 0.2) is 23.0 Å². The van der Waals surface area contributed by atoms with Crippen molar-refractivity contribution in [2.24, 2.45) is 0 Å². The summed E-state index contributed by atoms with van der Waals surface area (Å²) in [5.41, 5.74) is 0.270. The van der Waals surface area contributed by atoms with Gasteiger partial charge >= 0.3 is 11.9 Å². The number of ether oxygens (including phenoxy) is 2. The van der Waals surface area contributed by atoms with Crippen LogP contribution in [0.25, 0.3) is 5.82 Å². The summed E-state index contributed by atoms with van der Waals surface area (Å²) in [4.78, 5) is 23.9. The lowest BCUT2D eigenvalue weighted by atomic mass is 10.2. The second-order valence-corrected chi connectivity index (χ2v) is 4.23. The molecule has 0 aromatic carbocycles. The number of rotatable bonds is 5. The van der Waals surface area contributed by atoms with Crippen LogP contribution in [0.2, 0.25) is 0 Å². The first kappa shape index (κ1) is 14.8. The average molecular weight is 292 g/mol. The predicted octanol–water partition coefficient (Wildman–Crippen LogP) is 2.13. The molecule has 2 rings (SSSR count). The summed E-state index contributed by atoms with van der Waals surface area (Å²) in [6, 6.07) is 1.68. The molecule has 0 aliphatic heterocycles. The Balaban J connectivity index is 2.43. The fraction of sp³-hybridized carbons (Fsp3) is 0.357. The fourth-order valence-corrected chi connectivity index (χ4v) is 1.80. The van der Waals surface area contributed by atoms with Crippen molar-refractivity contribution >= 4 is 11.9 Å². The Morgan fingerprint density at radius 1 is 1.14 bits per heavy atom. The lowest BCUT2D eigenvalue weighted by molar-refractivity contribution is 0.0480. The van der Waals surface area contributed by atoms with E-state index in [0.29, 0.717) is 11.6 Å². The Morgan fingerprint density at radius 3 is 2.05 bits per heavy atom. The van der Waals surface area contributed by atoms with E-state index in [-0.39, 0.29) is 24.3 Å². The molecule has 0 unspecified atom stereocenters. The zero-order chi connectivity index (χ0) is 15.4. The minimum Gasteiger partial charge on any atom is -0.462 e. The third-order valence-electron chi connectivity index (χ3n) is 2.70. The minimum absolute atomic E-state index is 0.135. The monoisotopic (exact) mass is 292 g/mol. The van der Waals surface area contributed by atoms with Crippen molar-refractivity contribution < 1.29 is 23.6 Å². The third-order valence-corrected chi connectivity index (χ3v) is 2.70. The van der Waals surface area contributed by atoms with E-state index in [1.807, 2.05) is 0 Å². The molecule has 0 fully saturated rings. The molecule has 0 N–H and O–H groups in total. The fourth-order valence-electron chi connectivity index (χ4n) is 1.80. The van der Waals surface area contributed by atoms with Crippen LogP contribution in [-0.2, 0) is 9.47 Å². The molecule has 0 saturated carbocycles. The van der Waals surface area contributed by atoms with E-state index >= 15 is 0 Å². The van der Waals surface area contributed by atoms with Crippen molar-refractivity contribution in [3.63, 3.8) is 0 Å². The zero-order valence-electron chi connectivity index (χ0n) is 12.1. The van der Waals surface area contributed by atoms with Gasteiger partial charge in [0, 0.05) is 18.5 Å². The molecule has 112 valence electrons. The first-order chi connectivity index (χ1) is 10.1. The molecule has 0 amide bonds. The van der Waals surface area contributed by atoms with E-state index < -0.39 is 11.9 Å². The van der Waals surface area contributed by atoms with E-state index in [9.17, 15) is 9.59 Å². The molecule has 0 atom stereocenters. The Bertz CT molecular complexity index is 621. The third kappa shape index (κ3) is 3.13. The number of hydrogen-bond donors (Lipinski definition) is 0. The van der Waals surface area contributed by atoms with Crippen molar-refractivity contribution in [2.75, 3.05) is 13.2 Å². The van der Waals surface area contributed by atoms with E-state index in [2.05, 4.69) is 5.16 Å². The molecule has 0 saturated heterocycles. The van der Waals surface area contributed by atoms with Crippen LogP contribution in [0.4, 0.5) is 0 Å². The van der Waals surface area contributed by atoms with Crippen molar-refractivity contribution in [2.45, 2.75) is 20.8 Å². The van der Waals surface area contributed by atoms with Gasteiger partial charge in [0.2, 0.25) is 0 Å². The Hall–Kier alpha value is -2.57. The summed E-state index contributed by atoms with van der Waals surface area (Å²) in [7, 11) is 0. The van der Waals surface area contributed by atoms with E-state index in [0.717, 1.165) is 0 Å². The number of nitrogens with zero attached hydrogens (tertiary/aromatic N) is 2. The van der Waals surface area contributed by atoms with Crippen molar-refractivity contribution in [3.8, 4) is 5.82 Å². The summed E-state index contributed by atoms with van der Waals surface area (Å²) in [5.74, 6) is -0.0818. The van der Waals surface area contributed by atoms with Crippen LogP contribution < -0.4 is 0 Å².